The summed E-state index contributed by atoms with van der Waals surface area (Å²) in [5.74, 6) is 1.80. The van der Waals surface area contributed by atoms with Crippen LogP contribution in [0.15, 0.2) is 29.3 Å². The average Bonchev–Trinajstić information content (AvgIpc) is 3.33. The van der Waals surface area contributed by atoms with Gasteiger partial charge in [0.25, 0.3) is 0 Å². The number of hydrogen-bond donors (Lipinski definition) is 2. The molecule has 0 spiro atoms. The second-order valence-electron chi connectivity index (χ2n) is 7.55. The molecule has 2 fully saturated rings. The number of nitrogens with one attached hydrogen (secondary N) is 2. The van der Waals surface area contributed by atoms with Crippen LogP contribution in [0.2, 0.25) is 0 Å². The second-order valence-corrected chi connectivity index (χ2v) is 7.55. The molecule has 2 N–H and O–H groups in total. The summed E-state index contributed by atoms with van der Waals surface area (Å²) in [4.78, 5) is 7.34. The Bertz CT molecular complexity index is 648. The molecule has 1 saturated heterocycles. The first-order chi connectivity index (χ1) is 12.8. The third kappa shape index (κ3) is 6.96. The molecule has 1 aromatic rings. The predicted molar refractivity (Wildman–Crippen MR) is 121 cm³/mol. The summed E-state index contributed by atoms with van der Waals surface area (Å²) in [6.07, 6.45) is 6.86. The minimum Gasteiger partial charge on any atom is -0.357 e. The first-order valence-electron chi connectivity index (χ1n) is 10.0. The van der Waals surface area contributed by atoms with Crippen LogP contribution in [0.4, 0.5) is 0 Å². The average molecular weight is 481 g/mol. The van der Waals surface area contributed by atoms with Crippen molar-refractivity contribution in [3.05, 3.63) is 35.4 Å². The summed E-state index contributed by atoms with van der Waals surface area (Å²) >= 11 is 0. The third-order valence-corrected chi connectivity index (χ3v) is 5.42. The third-order valence-electron chi connectivity index (χ3n) is 5.42. The van der Waals surface area contributed by atoms with Gasteiger partial charge in [-0.2, -0.15) is 5.26 Å². The van der Waals surface area contributed by atoms with E-state index < -0.39 is 0 Å². The van der Waals surface area contributed by atoms with Crippen molar-refractivity contribution in [1.82, 2.24) is 15.5 Å². The maximum Gasteiger partial charge on any atom is 0.191 e. The molecule has 0 radical (unpaired) electrons. The summed E-state index contributed by atoms with van der Waals surface area (Å²) in [5, 5.41) is 16.0. The van der Waals surface area contributed by atoms with Gasteiger partial charge in [-0.1, -0.05) is 25.0 Å². The maximum atomic E-state index is 9.03. The lowest BCUT2D eigenvalue weighted by molar-refractivity contribution is 0.275. The molecule has 0 amide bonds. The molecule has 0 aromatic heterocycles. The highest BCUT2D eigenvalue weighted by molar-refractivity contribution is 14.0. The van der Waals surface area contributed by atoms with E-state index in [1.54, 1.807) is 0 Å². The van der Waals surface area contributed by atoms with Gasteiger partial charge in [0.15, 0.2) is 5.96 Å². The van der Waals surface area contributed by atoms with Crippen LogP contribution >= 0.6 is 24.0 Å². The Morgan fingerprint density at radius 2 is 2.11 bits per heavy atom. The first-order valence-corrected chi connectivity index (χ1v) is 10.0. The quantitative estimate of drug-likeness (QED) is 0.371. The Morgan fingerprint density at radius 1 is 1.30 bits per heavy atom. The van der Waals surface area contributed by atoms with Crippen molar-refractivity contribution in [3.8, 4) is 6.07 Å². The Kier molecular flexibility index (Phi) is 9.35. The van der Waals surface area contributed by atoms with Crippen LogP contribution in [-0.2, 0) is 6.54 Å². The van der Waals surface area contributed by atoms with Gasteiger partial charge in [0.1, 0.15) is 0 Å². The zero-order valence-corrected chi connectivity index (χ0v) is 18.6. The molecular weight excluding hydrogens is 449 g/mol. The zero-order valence-electron chi connectivity index (χ0n) is 16.3. The van der Waals surface area contributed by atoms with Crippen LogP contribution in [0.5, 0.6) is 0 Å². The molecule has 1 aliphatic carbocycles. The van der Waals surface area contributed by atoms with Crippen molar-refractivity contribution in [2.24, 2.45) is 10.9 Å². The molecule has 148 valence electrons. The van der Waals surface area contributed by atoms with Crippen LogP contribution in [0, 0.1) is 17.2 Å². The van der Waals surface area contributed by atoms with Crippen LogP contribution in [0.1, 0.15) is 50.2 Å². The molecule has 5 nitrogen and oxygen atoms in total. The van der Waals surface area contributed by atoms with E-state index in [0.29, 0.717) is 18.2 Å². The topological polar surface area (TPSA) is 63.5 Å². The number of likely N-dealkylation sites (tertiary alicyclic amines) is 1. The number of aliphatic imine (C=N–C) groups is 1. The van der Waals surface area contributed by atoms with Crippen molar-refractivity contribution < 1.29 is 0 Å². The van der Waals surface area contributed by atoms with Crippen molar-refractivity contribution in [2.75, 3.05) is 26.2 Å². The van der Waals surface area contributed by atoms with Crippen LogP contribution in [0.25, 0.3) is 0 Å². The molecule has 27 heavy (non-hydrogen) atoms. The first kappa shape index (κ1) is 22.0. The lowest BCUT2D eigenvalue weighted by atomic mass is 10.1. The Hall–Kier alpha value is -1.33. The summed E-state index contributed by atoms with van der Waals surface area (Å²) in [6, 6.07) is 10.3. The SMILES string of the molecule is CCNC(=NCc1cccc(C#N)c1)NC1CCN(CC2CCCC2)C1.I. The van der Waals surface area contributed by atoms with Gasteiger partial charge in [0, 0.05) is 32.2 Å². The van der Waals surface area contributed by atoms with E-state index in [2.05, 4.69) is 28.5 Å². The molecule has 2 aliphatic rings. The van der Waals surface area contributed by atoms with Crippen molar-refractivity contribution >= 4 is 29.9 Å². The Morgan fingerprint density at radius 3 is 2.85 bits per heavy atom. The number of rotatable bonds is 6. The molecule has 0 bridgehead atoms. The van der Waals surface area contributed by atoms with Gasteiger partial charge in [0.2, 0.25) is 0 Å². The van der Waals surface area contributed by atoms with Gasteiger partial charge < -0.3 is 15.5 Å². The number of benzene rings is 1. The Labute approximate surface area is 180 Å². The highest BCUT2D eigenvalue weighted by Gasteiger charge is 2.26. The molecule has 1 heterocycles. The molecule has 1 saturated carbocycles. The minimum atomic E-state index is 0. The van der Waals surface area contributed by atoms with E-state index in [1.807, 2.05) is 24.3 Å². The largest absolute Gasteiger partial charge is 0.357 e. The lowest BCUT2D eigenvalue weighted by Gasteiger charge is -2.21. The molecule has 3 rings (SSSR count). The standard InChI is InChI=1S/C21H31N5.HI/c1-2-23-21(24-14-19-9-5-8-18(12-19)13-22)25-20-10-11-26(16-20)15-17-6-3-4-7-17;/h5,8-9,12,17,20H,2-4,6-7,10-11,14-16H2,1H3,(H2,23,24,25);1H. The van der Waals surface area contributed by atoms with Crippen LogP contribution in [-0.4, -0.2) is 43.1 Å². The molecule has 1 atom stereocenters. The molecule has 1 aromatic carbocycles. The van der Waals surface area contributed by atoms with Gasteiger partial charge in [-0.25, -0.2) is 4.99 Å². The highest BCUT2D eigenvalue weighted by atomic mass is 127. The summed E-state index contributed by atoms with van der Waals surface area (Å²) in [6.45, 7) is 7.11. The second kappa shape index (κ2) is 11.5. The minimum absolute atomic E-state index is 0. The van der Waals surface area contributed by atoms with Crippen LogP contribution in [0.3, 0.4) is 0 Å². The van der Waals surface area contributed by atoms with E-state index in [9.17, 15) is 0 Å². The van der Waals surface area contributed by atoms with Crippen molar-refractivity contribution in [2.45, 2.75) is 51.6 Å². The Balaban J connectivity index is 0.00000261. The number of nitriles is 1. The molecule has 6 heteroatoms. The normalized spacial score (nSPS) is 20.9. The van der Waals surface area contributed by atoms with E-state index in [-0.39, 0.29) is 24.0 Å². The predicted octanol–water partition coefficient (Wildman–Crippen LogP) is 3.50. The van der Waals surface area contributed by atoms with Crippen LogP contribution < -0.4 is 10.6 Å². The smallest absolute Gasteiger partial charge is 0.191 e. The van der Waals surface area contributed by atoms with E-state index in [1.165, 1.54) is 45.2 Å². The molecular formula is C21H32IN5. The van der Waals surface area contributed by atoms with Crippen molar-refractivity contribution in [3.63, 3.8) is 0 Å². The monoisotopic (exact) mass is 481 g/mol. The van der Waals surface area contributed by atoms with Gasteiger partial charge in [-0.15, -0.1) is 24.0 Å². The fraction of sp³-hybridized carbons (Fsp3) is 0.619. The number of hydrogen-bond acceptors (Lipinski definition) is 3. The zero-order chi connectivity index (χ0) is 18.2. The highest BCUT2D eigenvalue weighted by Crippen LogP contribution is 2.26. The lowest BCUT2D eigenvalue weighted by Crippen LogP contribution is -2.44. The number of halogens is 1. The number of nitrogens with zero attached hydrogens (tertiary/aromatic N) is 3. The fourth-order valence-electron chi connectivity index (χ4n) is 4.10. The van der Waals surface area contributed by atoms with Crippen molar-refractivity contribution in [1.29, 1.82) is 5.26 Å². The van der Waals surface area contributed by atoms with Gasteiger partial charge in [-0.05, 0) is 49.8 Å². The van der Waals surface area contributed by atoms with E-state index in [0.717, 1.165) is 30.5 Å². The molecule has 1 aliphatic heterocycles. The van der Waals surface area contributed by atoms with E-state index >= 15 is 0 Å². The van der Waals surface area contributed by atoms with Gasteiger partial charge >= 0.3 is 0 Å². The number of guanidine groups is 1. The van der Waals surface area contributed by atoms with E-state index in [4.69, 9.17) is 10.3 Å². The summed E-state index contributed by atoms with van der Waals surface area (Å²) in [7, 11) is 0. The summed E-state index contributed by atoms with van der Waals surface area (Å²) < 4.78 is 0. The van der Waals surface area contributed by atoms with Gasteiger partial charge in [0.05, 0.1) is 18.2 Å². The maximum absolute atomic E-state index is 9.03. The fourth-order valence-corrected chi connectivity index (χ4v) is 4.10. The summed E-state index contributed by atoms with van der Waals surface area (Å²) in [5.41, 5.74) is 1.75. The molecule has 1 unspecified atom stereocenters. The van der Waals surface area contributed by atoms with Gasteiger partial charge in [-0.3, -0.25) is 0 Å².